The molecule has 0 bridgehead atoms. The topological polar surface area (TPSA) is 115 Å². The molecule has 1 aliphatic heterocycles. The zero-order chi connectivity index (χ0) is 13.4. The van der Waals surface area contributed by atoms with Crippen LogP contribution in [0, 0.1) is 15.9 Å². The molecule has 0 spiro atoms. The van der Waals surface area contributed by atoms with E-state index in [4.69, 9.17) is 11.5 Å². The van der Waals surface area contributed by atoms with Crippen LogP contribution >= 0.6 is 0 Å². The van der Waals surface area contributed by atoms with Crippen LogP contribution in [0.15, 0.2) is 12.1 Å². The van der Waals surface area contributed by atoms with Crippen molar-refractivity contribution in [2.24, 2.45) is 5.73 Å². The van der Waals surface area contributed by atoms with E-state index in [9.17, 15) is 19.3 Å². The lowest BCUT2D eigenvalue weighted by atomic mass is 10.2. The van der Waals surface area contributed by atoms with Gasteiger partial charge in [0.2, 0.25) is 11.7 Å². The molecule has 1 aliphatic rings. The highest BCUT2D eigenvalue weighted by atomic mass is 19.1. The van der Waals surface area contributed by atoms with E-state index < -0.39 is 16.4 Å². The van der Waals surface area contributed by atoms with Gasteiger partial charge < -0.3 is 16.4 Å². The first-order valence-corrected chi connectivity index (χ1v) is 5.19. The minimum absolute atomic E-state index is 0.0273. The van der Waals surface area contributed by atoms with E-state index in [0.29, 0.717) is 0 Å². The molecule has 8 heteroatoms. The first-order chi connectivity index (χ1) is 8.40. The lowest BCUT2D eigenvalue weighted by molar-refractivity contribution is -0.387. The number of anilines is 2. The Labute approximate surface area is 101 Å². The number of nitrogen functional groups attached to an aromatic ring is 1. The molecule has 18 heavy (non-hydrogen) atoms. The third-order valence-electron chi connectivity index (χ3n) is 2.74. The molecule has 0 aromatic heterocycles. The Hall–Kier alpha value is -2.22. The van der Waals surface area contributed by atoms with Crippen molar-refractivity contribution >= 4 is 23.0 Å². The molecule has 4 N–H and O–H groups in total. The Morgan fingerprint density at radius 1 is 1.50 bits per heavy atom. The monoisotopic (exact) mass is 254 g/mol. The van der Waals surface area contributed by atoms with Gasteiger partial charge in [0.05, 0.1) is 16.3 Å². The summed E-state index contributed by atoms with van der Waals surface area (Å²) >= 11 is 0. The number of rotatable bonds is 2. The Balaban J connectivity index is 2.48. The molecule has 2 rings (SSSR count). The summed E-state index contributed by atoms with van der Waals surface area (Å²) in [6.45, 7) is 0.214. The van der Waals surface area contributed by atoms with Crippen LogP contribution in [0.3, 0.4) is 0 Å². The zero-order valence-electron chi connectivity index (χ0n) is 9.30. The van der Waals surface area contributed by atoms with Crippen LogP contribution in [0.4, 0.5) is 21.5 Å². The average molecular weight is 254 g/mol. The van der Waals surface area contributed by atoms with Crippen LogP contribution < -0.4 is 16.4 Å². The number of carbonyl (C=O) groups excluding carboxylic acids is 1. The number of amides is 1. The van der Waals surface area contributed by atoms with Gasteiger partial charge in [-0.05, 0) is 0 Å². The summed E-state index contributed by atoms with van der Waals surface area (Å²) in [5, 5.41) is 10.6. The maximum absolute atomic E-state index is 13.3. The fourth-order valence-corrected chi connectivity index (χ4v) is 1.91. The van der Waals surface area contributed by atoms with Gasteiger partial charge in [-0.25, -0.2) is 0 Å². The second-order valence-electron chi connectivity index (χ2n) is 4.09. The van der Waals surface area contributed by atoms with Crippen molar-refractivity contribution in [3.63, 3.8) is 0 Å². The third kappa shape index (κ3) is 1.97. The van der Waals surface area contributed by atoms with Crippen molar-refractivity contribution in [2.45, 2.75) is 12.5 Å². The third-order valence-corrected chi connectivity index (χ3v) is 2.74. The summed E-state index contributed by atoms with van der Waals surface area (Å²) < 4.78 is 13.3. The van der Waals surface area contributed by atoms with E-state index in [0.717, 1.165) is 12.1 Å². The van der Waals surface area contributed by atoms with Crippen LogP contribution in [-0.2, 0) is 4.79 Å². The van der Waals surface area contributed by atoms with Crippen LogP contribution in [0.5, 0.6) is 0 Å². The minimum Gasteiger partial charge on any atom is -0.397 e. The Bertz CT molecular complexity index is 534. The van der Waals surface area contributed by atoms with Gasteiger partial charge in [0.25, 0.3) is 0 Å². The molecule has 1 fully saturated rings. The number of halogens is 1. The second kappa shape index (κ2) is 4.22. The molecule has 0 aliphatic carbocycles. The fraction of sp³-hybridized carbons (Fsp3) is 0.300. The molecule has 0 radical (unpaired) electrons. The number of benzene rings is 1. The summed E-state index contributed by atoms with van der Waals surface area (Å²) in [5.41, 5.74) is 10.6. The van der Waals surface area contributed by atoms with Crippen LogP contribution in [-0.4, -0.2) is 23.4 Å². The lowest BCUT2D eigenvalue weighted by Crippen LogP contribution is -2.28. The summed E-state index contributed by atoms with van der Waals surface area (Å²) in [6, 6.07) is 1.45. The van der Waals surface area contributed by atoms with E-state index in [-0.39, 0.29) is 36.3 Å². The normalized spacial score (nSPS) is 19.3. The van der Waals surface area contributed by atoms with Crippen molar-refractivity contribution < 1.29 is 14.1 Å². The molecule has 1 saturated heterocycles. The Morgan fingerprint density at radius 2 is 2.17 bits per heavy atom. The second-order valence-corrected chi connectivity index (χ2v) is 4.09. The standard InChI is InChI=1S/C10H11FN4O3/c11-6-2-7(13)9(3-8(6)15(17)18)14-4-5(12)1-10(14)16/h2-3,5H,1,4,12-13H2. The molecule has 1 atom stereocenters. The van der Waals surface area contributed by atoms with Crippen molar-refractivity contribution in [1.29, 1.82) is 0 Å². The van der Waals surface area contributed by atoms with E-state index in [1.165, 1.54) is 4.90 Å². The lowest BCUT2D eigenvalue weighted by Gasteiger charge is -2.18. The van der Waals surface area contributed by atoms with E-state index in [1.54, 1.807) is 0 Å². The van der Waals surface area contributed by atoms with Crippen LogP contribution in [0.25, 0.3) is 0 Å². The largest absolute Gasteiger partial charge is 0.397 e. The van der Waals surface area contributed by atoms with Crippen molar-refractivity contribution in [3.05, 3.63) is 28.1 Å². The number of hydrogen-bond donors (Lipinski definition) is 2. The van der Waals surface area contributed by atoms with Gasteiger partial charge >= 0.3 is 5.69 Å². The molecule has 96 valence electrons. The molecular weight excluding hydrogens is 243 g/mol. The number of nitro groups is 1. The zero-order valence-corrected chi connectivity index (χ0v) is 9.30. The summed E-state index contributed by atoms with van der Waals surface area (Å²) in [7, 11) is 0. The van der Waals surface area contributed by atoms with Gasteiger partial charge in [-0.15, -0.1) is 0 Å². The molecule has 1 aromatic carbocycles. The van der Waals surface area contributed by atoms with Crippen LogP contribution in [0.2, 0.25) is 0 Å². The molecule has 1 unspecified atom stereocenters. The van der Waals surface area contributed by atoms with Gasteiger partial charge in [-0.2, -0.15) is 4.39 Å². The fourth-order valence-electron chi connectivity index (χ4n) is 1.91. The van der Waals surface area contributed by atoms with Crippen molar-refractivity contribution in [3.8, 4) is 0 Å². The number of nitrogens with zero attached hydrogens (tertiary/aromatic N) is 2. The molecule has 1 aromatic rings. The van der Waals surface area contributed by atoms with Gasteiger partial charge in [0.1, 0.15) is 0 Å². The van der Waals surface area contributed by atoms with Crippen LogP contribution in [0.1, 0.15) is 6.42 Å². The van der Waals surface area contributed by atoms with Crippen molar-refractivity contribution in [1.82, 2.24) is 0 Å². The average Bonchev–Trinajstić information content (AvgIpc) is 2.57. The quantitative estimate of drug-likeness (QED) is 0.449. The summed E-state index contributed by atoms with van der Waals surface area (Å²) in [5.74, 6) is -1.31. The Morgan fingerprint density at radius 3 is 2.67 bits per heavy atom. The highest BCUT2D eigenvalue weighted by Gasteiger charge is 2.31. The van der Waals surface area contributed by atoms with E-state index in [2.05, 4.69) is 0 Å². The molecule has 1 heterocycles. The van der Waals surface area contributed by atoms with Crippen molar-refractivity contribution in [2.75, 3.05) is 17.2 Å². The van der Waals surface area contributed by atoms with Gasteiger partial charge in [0, 0.05) is 31.1 Å². The first-order valence-electron chi connectivity index (χ1n) is 5.19. The molecule has 7 nitrogen and oxygen atoms in total. The molecule has 1 amide bonds. The maximum atomic E-state index is 13.3. The smallest absolute Gasteiger partial charge is 0.307 e. The summed E-state index contributed by atoms with van der Waals surface area (Å²) in [4.78, 5) is 22.7. The molecular formula is C10H11FN4O3. The number of nitro benzene ring substituents is 1. The minimum atomic E-state index is -1.03. The van der Waals surface area contributed by atoms with Gasteiger partial charge in [-0.3, -0.25) is 14.9 Å². The predicted octanol–water partition coefficient (Wildman–Crippen LogP) is 0.380. The predicted molar refractivity (Wildman–Crippen MR) is 62.4 cm³/mol. The molecule has 0 saturated carbocycles. The number of carbonyl (C=O) groups is 1. The maximum Gasteiger partial charge on any atom is 0.307 e. The number of nitrogens with two attached hydrogens (primary N) is 2. The summed E-state index contributed by atoms with van der Waals surface area (Å²) in [6.07, 6.45) is 0.143. The van der Waals surface area contributed by atoms with Gasteiger partial charge in [-0.1, -0.05) is 0 Å². The van der Waals surface area contributed by atoms with E-state index >= 15 is 0 Å². The van der Waals surface area contributed by atoms with Gasteiger partial charge in [0.15, 0.2) is 0 Å². The van der Waals surface area contributed by atoms with E-state index in [1.807, 2.05) is 0 Å². The number of hydrogen-bond acceptors (Lipinski definition) is 5. The Kier molecular flexibility index (Phi) is 2.87. The SMILES string of the molecule is Nc1cc(F)c([N+](=O)[O-])cc1N1CC(N)CC1=O. The first kappa shape index (κ1) is 12.2. The highest BCUT2D eigenvalue weighted by Crippen LogP contribution is 2.32. The highest BCUT2D eigenvalue weighted by molar-refractivity contribution is 5.99.